The lowest BCUT2D eigenvalue weighted by Gasteiger charge is -2.34. The van der Waals surface area contributed by atoms with Gasteiger partial charge in [-0.25, -0.2) is 9.59 Å². The number of aliphatic hydroxyl groups excluding tert-OH is 1. The molecule has 360 valence electrons. The van der Waals surface area contributed by atoms with Crippen LogP contribution in [0.15, 0.2) is 48.7 Å². The number of ketones is 1. The molecule has 0 aliphatic carbocycles. The van der Waals surface area contributed by atoms with E-state index in [0.29, 0.717) is 31.7 Å². The highest BCUT2D eigenvalue weighted by atomic mass is 16.6. The number of aliphatic hydroxyl groups is 1. The number of cyclic esters (lactones) is 1. The number of carbonyl (C=O) groups is 5. The molecule has 0 radical (unpaired) electrons. The van der Waals surface area contributed by atoms with Gasteiger partial charge in [-0.15, -0.1) is 0 Å². The maximum Gasteiger partial charge on any atom is 0.408 e. The van der Waals surface area contributed by atoms with Crippen LogP contribution >= 0.6 is 0 Å². The van der Waals surface area contributed by atoms with Gasteiger partial charge in [0.1, 0.15) is 18.5 Å². The summed E-state index contributed by atoms with van der Waals surface area (Å²) < 4.78 is 21.9. The van der Waals surface area contributed by atoms with Crippen LogP contribution in [-0.2, 0) is 33.3 Å². The van der Waals surface area contributed by atoms with Crippen LogP contribution in [0.5, 0.6) is 0 Å². The Morgan fingerprint density at radius 3 is 2.19 bits per heavy atom. The highest BCUT2D eigenvalue weighted by Gasteiger charge is 2.51. The molecular formula is C48H77N5O11. The molecule has 4 N–H and O–H groups in total. The van der Waals surface area contributed by atoms with Gasteiger partial charge in [0.25, 0.3) is 0 Å². The molecule has 3 saturated heterocycles. The molecule has 3 fully saturated rings. The van der Waals surface area contributed by atoms with Crippen LogP contribution in [0.4, 0.5) is 9.59 Å². The first-order valence-electron chi connectivity index (χ1n) is 22.7. The Kier molecular flexibility index (Phi) is 26.3. The molecule has 16 nitrogen and oxygen atoms in total. The molecule has 3 aliphatic heterocycles. The van der Waals surface area contributed by atoms with Gasteiger partial charge in [0.15, 0.2) is 11.9 Å². The third-order valence-electron chi connectivity index (χ3n) is 10.8. The van der Waals surface area contributed by atoms with Crippen molar-refractivity contribution in [2.24, 2.45) is 23.7 Å². The summed E-state index contributed by atoms with van der Waals surface area (Å²) in [4.78, 5) is 62.7. The summed E-state index contributed by atoms with van der Waals surface area (Å²) in [6, 6.07) is 11.3. The number of carbonyl (C=O) groups excluding carboxylic acids is 4. The number of nitrogens with zero attached hydrogens (tertiary/aromatic N) is 3. The summed E-state index contributed by atoms with van der Waals surface area (Å²) in [5, 5.41) is 30.7. The van der Waals surface area contributed by atoms with Crippen LogP contribution in [-0.4, -0.2) is 119 Å². The van der Waals surface area contributed by atoms with E-state index < -0.39 is 60.0 Å². The minimum Gasteiger partial charge on any atom is -0.481 e. The first-order valence-corrected chi connectivity index (χ1v) is 22.7. The molecule has 1 aromatic heterocycles. The predicted molar refractivity (Wildman–Crippen MR) is 247 cm³/mol. The number of rotatable bonds is 7. The van der Waals surface area contributed by atoms with Crippen LogP contribution in [0.3, 0.4) is 0 Å². The van der Waals surface area contributed by atoms with Crippen LogP contribution in [0.25, 0.3) is 17.3 Å². The Morgan fingerprint density at radius 1 is 0.984 bits per heavy atom. The van der Waals surface area contributed by atoms with E-state index in [0.717, 1.165) is 29.7 Å². The van der Waals surface area contributed by atoms with Crippen LogP contribution in [0, 0.1) is 23.7 Å². The first kappa shape index (κ1) is 57.1. The lowest BCUT2D eigenvalue weighted by Crippen LogP contribution is -2.52. The lowest BCUT2D eigenvalue weighted by atomic mass is 9.80. The van der Waals surface area contributed by atoms with E-state index in [1.165, 1.54) is 0 Å². The summed E-state index contributed by atoms with van der Waals surface area (Å²) in [6.07, 6.45) is 6.89. The second kappa shape index (κ2) is 29.5. The molecule has 0 bridgehead atoms. The summed E-state index contributed by atoms with van der Waals surface area (Å²) in [5.41, 5.74) is 1.53. The Morgan fingerprint density at radius 2 is 1.62 bits per heavy atom. The quantitative estimate of drug-likeness (QED) is 0.153. The average molecular weight is 900 g/mol. The number of ether oxygens (including phenoxy) is 4. The van der Waals surface area contributed by atoms with E-state index in [1.807, 2.05) is 97.3 Å². The highest BCUT2D eigenvalue weighted by molar-refractivity contribution is 5.85. The maximum atomic E-state index is 13.4. The van der Waals surface area contributed by atoms with Gasteiger partial charge in [0.05, 0.1) is 29.7 Å². The molecule has 5 unspecified atom stereocenters. The van der Waals surface area contributed by atoms with Gasteiger partial charge in [-0.2, -0.15) is 10.2 Å². The Bertz CT molecular complexity index is 1720. The summed E-state index contributed by atoms with van der Waals surface area (Å²) in [7, 11) is 4.07. The topological polar surface area (TPSA) is 216 Å². The van der Waals surface area contributed by atoms with Gasteiger partial charge in [-0.1, -0.05) is 98.7 Å². The monoisotopic (exact) mass is 900 g/mol. The average Bonchev–Trinajstić information content (AvgIpc) is 3.58. The van der Waals surface area contributed by atoms with Gasteiger partial charge in [0.2, 0.25) is 0 Å². The third-order valence-corrected chi connectivity index (χ3v) is 10.8. The zero-order chi connectivity index (χ0) is 48.6. The maximum absolute atomic E-state index is 13.4. The van der Waals surface area contributed by atoms with Crippen molar-refractivity contribution < 1.29 is 53.1 Å². The van der Waals surface area contributed by atoms with E-state index in [1.54, 1.807) is 47.7 Å². The van der Waals surface area contributed by atoms with Gasteiger partial charge >= 0.3 is 24.1 Å². The fourth-order valence-corrected chi connectivity index (χ4v) is 7.10. The van der Waals surface area contributed by atoms with E-state index in [-0.39, 0.29) is 36.9 Å². The molecule has 9 atom stereocenters. The number of esters is 1. The minimum atomic E-state index is -1.17. The third kappa shape index (κ3) is 19.9. The van der Waals surface area contributed by atoms with Gasteiger partial charge < -0.3 is 44.7 Å². The van der Waals surface area contributed by atoms with Gasteiger partial charge in [0, 0.05) is 42.6 Å². The fourth-order valence-electron chi connectivity index (χ4n) is 7.10. The molecule has 16 heteroatoms. The molecule has 3 aliphatic rings. The van der Waals surface area contributed by atoms with Gasteiger partial charge in [-0.05, 0) is 77.7 Å². The number of hydrogen-bond acceptors (Lipinski definition) is 13. The second-order valence-corrected chi connectivity index (χ2v) is 16.6. The highest BCUT2D eigenvalue weighted by Crippen LogP contribution is 2.32. The minimum absolute atomic E-state index is 0.0963. The molecule has 4 heterocycles. The number of carboxylic acid groups (broad SMARTS) is 1. The number of nitrogens with one attached hydrogen (secondary N) is 2. The van der Waals surface area contributed by atoms with E-state index in [9.17, 15) is 29.1 Å². The van der Waals surface area contributed by atoms with Crippen molar-refractivity contribution in [3.63, 3.8) is 0 Å². The Hall–Kier alpha value is -4.93. The molecule has 64 heavy (non-hydrogen) atoms. The number of carboxylic acids is 1. The second-order valence-electron chi connectivity index (χ2n) is 16.6. The van der Waals surface area contributed by atoms with Crippen molar-refractivity contribution in [3.05, 3.63) is 54.2 Å². The largest absolute Gasteiger partial charge is 0.481 e. The molecule has 0 saturated carbocycles. The summed E-state index contributed by atoms with van der Waals surface area (Å²) >= 11 is 0. The zero-order valence-electron chi connectivity index (χ0n) is 40.5. The molecule has 2 amide bonds. The van der Waals surface area contributed by atoms with Gasteiger partial charge in [-0.3, -0.25) is 14.4 Å². The van der Waals surface area contributed by atoms with Crippen molar-refractivity contribution in [1.82, 2.24) is 25.7 Å². The van der Waals surface area contributed by atoms with Crippen molar-refractivity contribution >= 4 is 36.0 Å². The van der Waals surface area contributed by atoms with Crippen molar-refractivity contribution in [2.45, 2.75) is 151 Å². The Labute approximate surface area is 381 Å². The summed E-state index contributed by atoms with van der Waals surface area (Å²) in [6.45, 7) is 20.4. The smallest absolute Gasteiger partial charge is 0.408 e. The number of fused-ring (bicyclic) bond motifs is 1. The zero-order valence-corrected chi connectivity index (χ0v) is 40.5. The number of Topliss-reactive ketones (excluding diaryl/α,β-unsaturated/α-hetero) is 1. The van der Waals surface area contributed by atoms with E-state index in [4.69, 9.17) is 24.1 Å². The van der Waals surface area contributed by atoms with Crippen molar-refractivity contribution in [3.8, 4) is 11.3 Å². The number of aliphatic carboxylic acids is 1. The molecule has 5 rings (SSSR count). The van der Waals surface area contributed by atoms with Crippen LogP contribution < -0.4 is 10.6 Å². The number of hydrogen-bond donors (Lipinski definition) is 4. The summed E-state index contributed by atoms with van der Waals surface area (Å²) in [5.74, 6) is -2.92. The number of benzene rings is 1. The normalized spacial score (nSPS) is 27.1. The molecule has 0 spiro atoms. The molecule has 2 aromatic rings. The standard InChI is InChI=1S/C32H40N4O7.C8H17NO2.C4H8O2.2C2H6/c1-20-8-5-10-25(18-21(2)27(37)22(3)28-32(4,19-41-29(20)38)43-31(40)35-28)42-30(39)33-16-6-9-23-12-14-24(15-13-23)26-11-7-17-34-36-26;1-6-4-7(9(2)3)5-8(10)11-6;1-3(2)4(5)6;2*1-2/h6-7,9,11-15,17,20-22,25,28H,5,8,10,16,18-19H2,1-4H3,(H,33,39)(H,35,40);6-8,10H,4-5H2,1-3H3;3H,1-2H3,(H,5,6);2*1-2H3/b9-6+;;;;/t20?,21-,22+,25?,28-,32-;;;;/m1..../s1. The van der Waals surface area contributed by atoms with E-state index in [2.05, 4.69) is 25.7 Å². The van der Waals surface area contributed by atoms with E-state index >= 15 is 0 Å². The fraction of sp³-hybridized carbons (Fsp3) is 0.646. The molecule has 1 aromatic carbocycles. The van der Waals surface area contributed by atoms with Crippen LogP contribution in [0.2, 0.25) is 0 Å². The Balaban J connectivity index is 0.000000805. The van der Waals surface area contributed by atoms with Crippen LogP contribution in [0.1, 0.15) is 120 Å². The molecular weight excluding hydrogens is 823 g/mol. The van der Waals surface area contributed by atoms with Crippen molar-refractivity contribution in [2.75, 3.05) is 27.2 Å². The number of aromatic nitrogens is 2. The predicted octanol–water partition coefficient (Wildman–Crippen LogP) is 7.93. The lowest BCUT2D eigenvalue weighted by molar-refractivity contribution is -0.172. The van der Waals surface area contributed by atoms with Crippen molar-refractivity contribution in [1.29, 1.82) is 0 Å². The SMILES string of the molecule is CC.CC.CC(C)C(=O)O.CC1CC(N(C)C)CC(O)O1.CC1CCCC(OC(=O)NC/C=C/c2ccc(-c3cccnn3)cc2)C[C@@H](C)C(=O)[C@H](C)[C@H]2NC(=O)O[C@]2(C)COC1=O. The first-order chi connectivity index (χ1) is 30.3. The number of amides is 2. The number of alkyl carbamates (subject to hydrolysis) is 2.